The molecular formula is C21H25N5OS. The van der Waals surface area contributed by atoms with Gasteiger partial charge in [-0.05, 0) is 84.2 Å². The van der Waals surface area contributed by atoms with Gasteiger partial charge in [0.15, 0.2) is 0 Å². The van der Waals surface area contributed by atoms with Gasteiger partial charge in [-0.3, -0.25) is 4.90 Å². The fourth-order valence-corrected chi connectivity index (χ4v) is 3.56. The molecule has 1 aliphatic carbocycles. The molecule has 0 atom stereocenters. The molecule has 7 heteroatoms. The van der Waals surface area contributed by atoms with Gasteiger partial charge < -0.3 is 4.74 Å². The Morgan fingerprint density at radius 2 is 1.86 bits per heavy atom. The van der Waals surface area contributed by atoms with Crippen LogP contribution in [0.3, 0.4) is 0 Å². The van der Waals surface area contributed by atoms with Crippen molar-refractivity contribution < 1.29 is 4.74 Å². The van der Waals surface area contributed by atoms with E-state index in [9.17, 15) is 0 Å². The van der Waals surface area contributed by atoms with Crippen molar-refractivity contribution in [1.29, 1.82) is 0 Å². The lowest BCUT2D eigenvalue weighted by molar-refractivity contribution is 0.185. The normalized spacial score (nSPS) is 13.9. The van der Waals surface area contributed by atoms with Gasteiger partial charge in [-0.25, -0.2) is 4.68 Å². The van der Waals surface area contributed by atoms with Crippen LogP contribution in [0.15, 0.2) is 42.5 Å². The second-order valence-corrected chi connectivity index (χ2v) is 7.80. The molecule has 3 aromatic rings. The van der Waals surface area contributed by atoms with Crippen LogP contribution >= 0.6 is 12.2 Å². The van der Waals surface area contributed by atoms with Gasteiger partial charge in [0.1, 0.15) is 5.75 Å². The van der Waals surface area contributed by atoms with Crippen LogP contribution < -0.4 is 4.74 Å². The maximum atomic E-state index is 5.69. The SMILES string of the molecule is COc1ccc(CN(Cn2nnn(-c3cc(C)ccc3C)c2=S)C2CC2)cc1. The lowest BCUT2D eigenvalue weighted by atomic mass is 10.1. The van der Waals surface area contributed by atoms with Crippen LogP contribution in [0, 0.1) is 18.6 Å². The molecule has 0 aliphatic heterocycles. The number of aryl methyl sites for hydroxylation is 2. The van der Waals surface area contributed by atoms with E-state index in [4.69, 9.17) is 17.0 Å². The molecule has 0 spiro atoms. The highest BCUT2D eigenvalue weighted by Crippen LogP contribution is 2.29. The van der Waals surface area contributed by atoms with E-state index in [-0.39, 0.29) is 0 Å². The van der Waals surface area contributed by atoms with Gasteiger partial charge in [0.05, 0.1) is 19.5 Å². The summed E-state index contributed by atoms with van der Waals surface area (Å²) in [6, 6.07) is 15.1. The van der Waals surface area contributed by atoms with Crippen molar-refractivity contribution in [3.8, 4) is 11.4 Å². The first-order chi connectivity index (χ1) is 13.5. The Morgan fingerprint density at radius 1 is 1.11 bits per heavy atom. The quantitative estimate of drug-likeness (QED) is 0.565. The molecule has 0 unspecified atom stereocenters. The van der Waals surface area contributed by atoms with Crippen LogP contribution in [0.2, 0.25) is 0 Å². The summed E-state index contributed by atoms with van der Waals surface area (Å²) in [4.78, 5) is 2.42. The van der Waals surface area contributed by atoms with Gasteiger partial charge in [-0.2, -0.15) is 4.68 Å². The highest BCUT2D eigenvalue weighted by atomic mass is 32.1. The molecule has 0 saturated heterocycles. The third-order valence-corrected chi connectivity index (χ3v) is 5.54. The average molecular weight is 396 g/mol. The molecule has 1 saturated carbocycles. The summed E-state index contributed by atoms with van der Waals surface area (Å²) in [6.07, 6.45) is 2.43. The molecule has 1 heterocycles. The third kappa shape index (κ3) is 4.00. The predicted molar refractivity (Wildman–Crippen MR) is 111 cm³/mol. The lowest BCUT2D eigenvalue weighted by Gasteiger charge is -2.21. The van der Waals surface area contributed by atoms with Crippen molar-refractivity contribution in [1.82, 2.24) is 24.7 Å². The molecule has 0 N–H and O–H groups in total. The van der Waals surface area contributed by atoms with E-state index < -0.39 is 0 Å². The van der Waals surface area contributed by atoms with Crippen LogP contribution in [-0.4, -0.2) is 37.8 Å². The minimum absolute atomic E-state index is 0.579. The number of rotatable bonds is 7. The van der Waals surface area contributed by atoms with Crippen molar-refractivity contribution in [2.24, 2.45) is 0 Å². The molecule has 6 nitrogen and oxygen atoms in total. The Bertz CT molecular complexity index is 1020. The number of tetrazole rings is 1. The van der Waals surface area contributed by atoms with Crippen LogP contribution in [-0.2, 0) is 13.2 Å². The van der Waals surface area contributed by atoms with E-state index >= 15 is 0 Å². The number of methoxy groups -OCH3 is 1. The molecule has 1 fully saturated rings. The maximum absolute atomic E-state index is 5.69. The molecular weight excluding hydrogens is 370 g/mol. The summed E-state index contributed by atoms with van der Waals surface area (Å²) in [5, 5.41) is 8.68. The number of hydrogen-bond acceptors (Lipinski definition) is 5. The van der Waals surface area contributed by atoms with Crippen LogP contribution in [0.4, 0.5) is 0 Å². The Balaban J connectivity index is 1.56. The van der Waals surface area contributed by atoms with Gasteiger partial charge in [0.25, 0.3) is 0 Å². The zero-order valence-electron chi connectivity index (χ0n) is 16.5. The van der Waals surface area contributed by atoms with E-state index in [0.29, 0.717) is 17.5 Å². The monoisotopic (exact) mass is 395 g/mol. The van der Waals surface area contributed by atoms with E-state index in [1.165, 1.54) is 24.0 Å². The topological polar surface area (TPSA) is 48.1 Å². The Kier molecular flexibility index (Phi) is 5.28. The summed E-state index contributed by atoms with van der Waals surface area (Å²) in [7, 11) is 1.69. The zero-order chi connectivity index (χ0) is 19.7. The molecule has 146 valence electrons. The molecule has 0 radical (unpaired) electrons. The Morgan fingerprint density at radius 3 is 2.54 bits per heavy atom. The Labute approximate surface area is 170 Å². The highest BCUT2D eigenvalue weighted by molar-refractivity contribution is 7.71. The fraction of sp³-hybridized carbons (Fsp3) is 0.381. The fourth-order valence-electron chi connectivity index (χ4n) is 3.33. The second kappa shape index (κ2) is 7.85. The standard InChI is InChI=1S/C21H25N5OS/c1-15-4-5-16(2)20(12-15)26-21(28)25(22-23-26)14-24(18-8-9-18)13-17-6-10-19(27-3)11-7-17/h4-7,10-12,18H,8-9,13-14H2,1-3H3. The number of ether oxygens (including phenoxy) is 1. The van der Waals surface area contributed by atoms with Gasteiger partial charge >= 0.3 is 0 Å². The Hall–Kier alpha value is -2.51. The van der Waals surface area contributed by atoms with Crippen LogP contribution in [0.1, 0.15) is 29.5 Å². The minimum Gasteiger partial charge on any atom is -0.497 e. The van der Waals surface area contributed by atoms with Gasteiger partial charge in [0, 0.05) is 12.6 Å². The third-order valence-electron chi connectivity index (χ3n) is 5.16. The van der Waals surface area contributed by atoms with E-state index in [0.717, 1.165) is 23.5 Å². The molecule has 1 aromatic heterocycles. The smallest absolute Gasteiger partial charge is 0.221 e. The number of aromatic nitrogens is 4. The highest BCUT2D eigenvalue weighted by Gasteiger charge is 2.29. The first-order valence-corrected chi connectivity index (χ1v) is 9.93. The summed E-state index contributed by atoms with van der Waals surface area (Å²) in [5.74, 6) is 0.875. The summed E-state index contributed by atoms with van der Waals surface area (Å²) < 4.78 is 9.45. The minimum atomic E-state index is 0.579. The molecule has 2 aromatic carbocycles. The summed E-state index contributed by atoms with van der Waals surface area (Å²) >= 11 is 5.69. The summed E-state index contributed by atoms with van der Waals surface area (Å²) in [5.41, 5.74) is 4.55. The molecule has 28 heavy (non-hydrogen) atoms. The molecule has 0 bridgehead atoms. The van der Waals surface area contributed by atoms with Crippen molar-refractivity contribution in [2.75, 3.05) is 7.11 Å². The number of hydrogen-bond donors (Lipinski definition) is 0. The van der Waals surface area contributed by atoms with Gasteiger partial charge in [-0.1, -0.05) is 24.3 Å². The molecule has 0 amide bonds. The number of nitrogens with zero attached hydrogens (tertiary/aromatic N) is 5. The molecule has 4 rings (SSSR count). The predicted octanol–water partition coefficient (Wildman–Crippen LogP) is 4.05. The second-order valence-electron chi connectivity index (χ2n) is 7.43. The van der Waals surface area contributed by atoms with Crippen molar-refractivity contribution >= 4 is 12.2 Å². The summed E-state index contributed by atoms with van der Waals surface area (Å²) in [6.45, 7) is 5.63. The number of benzene rings is 2. The van der Waals surface area contributed by atoms with E-state index in [2.05, 4.69) is 59.5 Å². The van der Waals surface area contributed by atoms with E-state index in [1.807, 2.05) is 16.8 Å². The van der Waals surface area contributed by atoms with Gasteiger partial charge in [0.2, 0.25) is 4.77 Å². The first kappa shape index (κ1) is 18.8. The average Bonchev–Trinajstić information content (AvgIpc) is 3.49. The first-order valence-electron chi connectivity index (χ1n) is 9.52. The van der Waals surface area contributed by atoms with Crippen LogP contribution in [0.25, 0.3) is 5.69 Å². The van der Waals surface area contributed by atoms with Crippen molar-refractivity contribution in [3.05, 3.63) is 63.9 Å². The maximum Gasteiger partial charge on any atom is 0.221 e. The van der Waals surface area contributed by atoms with Crippen molar-refractivity contribution in [2.45, 2.75) is 45.9 Å². The van der Waals surface area contributed by atoms with E-state index in [1.54, 1.807) is 11.8 Å². The molecule has 1 aliphatic rings. The van der Waals surface area contributed by atoms with Gasteiger partial charge in [-0.15, -0.1) is 0 Å². The zero-order valence-corrected chi connectivity index (χ0v) is 17.3. The largest absolute Gasteiger partial charge is 0.497 e. The van der Waals surface area contributed by atoms with Crippen LogP contribution in [0.5, 0.6) is 5.75 Å². The van der Waals surface area contributed by atoms with Crippen molar-refractivity contribution in [3.63, 3.8) is 0 Å². The lowest BCUT2D eigenvalue weighted by Crippen LogP contribution is -2.29.